The Kier molecular flexibility index (Phi) is 12.0. The SMILES string of the molecule is O[C@H](C[C@@H]1OC(COCc2ccccc2)[C@@H](OCc2ccccc2)[C@H](OCc2ccccc2)C1OCc1ccccc1)c1ccco1. The van der Waals surface area contributed by atoms with Gasteiger partial charge in [0.25, 0.3) is 0 Å². The third-order valence-corrected chi connectivity index (χ3v) is 8.31. The monoisotopic (exact) mass is 634 g/mol. The van der Waals surface area contributed by atoms with Crippen LogP contribution in [0.25, 0.3) is 0 Å². The molecule has 1 fully saturated rings. The summed E-state index contributed by atoms with van der Waals surface area (Å²) in [7, 11) is 0. The van der Waals surface area contributed by atoms with E-state index in [0.717, 1.165) is 22.3 Å². The maximum absolute atomic E-state index is 11.3. The average Bonchev–Trinajstić information content (AvgIpc) is 3.67. The van der Waals surface area contributed by atoms with Gasteiger partial charge in [0, 0.05) is 6.42 Å². The molecular formula is C40H42O7. The van der Waals surface area contributed by atoms with Crippen LogP contribution < -0.4 is 0 Å². The van der Waals surface area contributed by atoms with Crippen molar-refractivity contribution >= 4 is 0 Å². The number of aliphatic hydroxyl groups excluding tert-OH is 1. The summed E-state index contributed by atoms with van der Waals surface area (Å²) in [5, 5.41) is 11.3. The normalized spacial score (nSPS) is 21.8. The zero-order valence-electron chi connectivity index (χ0n) is 26.4. The highest BCUT2D eigenvalue weighted by Crippen LogP contribution is 2.35. The number of rotatable bonds is 16. The van der Waals surface area contributed by atoms with Gasteiger partial charge in [0.15, 0.2) is 0 Å². The van der Waals surface area contributed by atoms with Crippen LogP contribution in [-0.4, -0.2) is 42.2 Å². The van der Waals surface area contributed by atoms with Crippen LogP contribution in [0.15, 0.2) is 144 Å². The maximum Gasteiger partial charge on any atom is 0.132 e. The van der Waals surface area contributed by atoms with Crippen LogP contribution in [0.5, 0.6) is 0 Å². The smallest absolute Gasteiger partial charge is 0.132 e. The summed E-state index contributed by atoms with van der Waals surface area (Å²) < 4.78 is 38.8. The van der Waals surface area contributed by atoms with Crippen molar-refractivity contribution in [2.75, 3.05) is 6.61 Å². The Morgan fingerprint density at radius 3 is 1.43 bits per heavy atom. The van der Waals surface area contributed by atoms with Gasteiger partial charge in [-0.3, -0.25) is 0 Å². The second kappa shape index (κ2) is 17.2. The van der Waals surface area contributed by atoms with E-state index in [4.69, 9.17) is 28.1 Å². The maximum atomic E-state index is 11.3. The number of aliphatic hydroxyl groups is 1. The molecule has 6 rings (SSSR count). The topological polar surface area (TPSA) is 79.5 Å². The summed E-state index contributed by atoms with van der Waals surface area (Å²) in [5.41, 5.74) is 4.16. The highest BCUT2D eigenvalue weighted by atomic mass is 16.6. The summed E-state index contributed by atoms with van der Waals surface area (Å²) in [6.45, 7) is 1.74. The largest absolute Gasteiger partial charge is 0.467 e. The summed E-state index contributed by atoms with van der Waals surface area (Å²) in [4.78, 5) is 0. The zero-order valence-corrected chi connectivity index (χ0v) is 26.4. The number of ether oxygens (including phenoxy) is 5. The van der Waals surface area contributed by atoms with Crippen LogP contribution in [0.3, 0.4) is 0 Å². The molecule has 0 spiro atoms. The molecule has 0 aliphatic carbocycles. The van der Waals surface area contributed by atoms with Crippen LogP contribution in [0.1, 0.15) is 40.5 Å². The Morgan fingerprint density at radius 1 is 0.511 bits per heavy atom. The molecule has 2 unspecified atom stereocenters. The first-order chi connectivity index (χ1) is 23.2. The number of hydrogen-bond acceptors (Lipinski definition) is 7. The van der Waals surface area contributed by atoms with Gasteiger partial charge in [-0.05, 0) is 34.4 Å². The van der Waals surface area contributed by atoms with Crippen LogP contribution in [0.4, 0.5) is 0 Å². The van der Waals surface area contributed by atoms with Gasteiger partial charge in [0.05, 0.1) is 45.4 Å². The van der Waals surface area contributed by atoms with Crippen LogP contribution in [-0.2, 0) is 50.1 Å². The predicted molar refractivity (Wildman–Crippen MR) is 178 cm³/mol. The van der Waals surface area contributed by atoms with Gasteiger partial charge in [-0.25, -0.2) is 0 Å². The van der Waals surface area contributed by atoms with E-state index in [-0.39, 0.29) is 13.0 Å². The highest BCUT2D eigenvalue weighted by molar-refractivity contribution is 5.17. The van der Waals surface area contributed by atoms with Crippen LogP contribution in [0, 0.1) is 0 Å². The van der Waals surface area contributed by atoms with E-state index in [2.05, 4.69) is 0 Å². The minimum absolute atomic E-state index is 0.235. The summed E-state index contributed by atoms with van der Waals surface area (Å²) in [6.07, 6.45) is -1.82. The molecule has 0 amide bonds. The fourth-order valence-corrected chi connectivity index (χ4v) is 5.89. The van der Waals surface area contributed by atoms with Gasteiger partial charge in [0.2, 0.25) is 0 Å². The fraction of sp³-hybridized carbons (Fsp3) is 0.300. The highest BCUT2D eigenvalue weighted by Gasteiger charge is 2.49. The molecule has 1 saturated heterocycles. The minimum atomic E-state index is -0.903. The Labute approximate surface area is 276 Å². The van der Waals surface area contributed by atoms with E-state index >= 15 is 0 Å². The quantitative estimate of drug-likeness (QED) is 0.121. The Morgan fingerprint density at radius 2 is 0.957 bits per heavy atom. The lowest BCUT2D eigenvalue weighted by Gasteiger charge is -2.46. The fourth-order valence-electron chi connectivity index (χ4n) is 5.89. The van der Waals surface area contributed by atoms with Crippen molar-refractivity contribution in [2.24, 2.45) is 0 Å². The van der Waals surface area contributed by atoms with Crippen LogP contribution >= 0.6 is 0 Å². The molecular weight excluding hydrogens is 592 g/mol. The van der Waals surface area contributed by atoms with Gasteiger partial charge < -0.3 is 33.2 Å². The first-order valence-corrected chi connectivity index (χ1v) is 16.2. The van der Waals surface area contributed by atoms with E-state index in [9.17, 15) is 5.11 Å². The van der Waals surface area contributed by atoms with Gasteiger partial charge in [-0.1, -0.05) is 121 Å². The lowest BCUT2D eigenvalue weighted by molar-refractivity contribution is -0.276. The lowest BCUT2D eigenvalue weighted by atomic mass is 9.90. The van der Waals surface area contributed by atoms with E-state index in [0.29, 0.717) is 32.2 Å². The van der Waals surface area contributed by atoms with E-state index in [1.165, 1.54) is 0 Å². The van der Waals surface area contributed by atoms with Gasteiger partial charge in [-0.15, -0.1) is 0 Å². The Bertz CT molecular complexity index is 1550. The molecule has 244 valence electrons. The van der Waals surface area contributed by atoms with Crippen molar-refractivity contribution in [1.29, 1.82) is 0 Å². The molecule has 1 N–H and O–H groups in total. The molecule has 1 aliphatic rings. The van der Waals surface area contributed by atoms with E-state index < -0.39 is 36.6 Å². The second-order valence-corrected chi connectivity index (χ2v) is 11.8. The van der Waals surface area contributed by atoms with E-state index in [1.807, 2.05) is 121 Å². The van der Waals surface area contributed by atoms with Crippen molar-refractivity contribution in [2.45, 2.75) is 69.5 Å². The van der Waals surface area contributed by atoms with Crippen molar-refractivity contribution in [3.05, 3.63) is 168 Å². The van der Waals surface area contributed by atoms with Crippen LogP contribution in [0.2, 0.25) is 0 Å². The van der Waals surface area contributed by atoms with Crippen molar-refractivity contribution in [1.82, 2.24) is 0 Å². The van der Waals surface area contributed by atoms with Crippen molar-refractivity contribution < 1.29 is 33.2 Å². The van der Waals surface area contributed by atoms with Gasteiger partial charge >= 0.3 is 0 Å². The number of furan rings is 1. The Balaban J connectivity index is 1.31. The minimum Gasteiger partial charge on any atom is -0.467 e. The summed E-state index contributed by atoms with van der Waals surface area (Å²) >= 11 is 0. The third-order valence-electron chi connectivity index (χ3n) is 8.31. The van der Waals surface area contributed by atoms with Crippen molar-refractivity contribution in [3.63, 3.8) is 0 Å². The molecule has 2 heterocycles. The molecule has 7 heteroatoms. The molecule has 5 aromatic rings. The molecule has 4 aromatic carbocycles. The molecule has 0 bridgehead atoms. The molecule has 47 heavy (non-hydrogen) atoms. The molecule has 0 radical (unpaired) electrons. The lowest BCUT2D eigenvalue weighted by Crippen LogP contribution is -2.61. The Hall–Kier alpha value is -4.08. The molecule has 7 nitrogen and oxygen atoms in total. The van der Waals surface area contributed by atoms with E-state index in [1.54, 1.807) is 18.4 Å². The van der Waals surface area contributed by atoms with Gasteiger partial charge in [0.1, 0.15) is 36.3 Å². The standard InChI is InChI=1S/C40H42O7/c41-34(35-22-13-23-43-35)24-36-38(44-26-31-16-7-2-8-17-31)40(46-28-33-20-11-4-12-21-33)39(45-27-32-18-9-3-10-19-32)37(47-36)29-42-25-30-14-5-1-6-15-30/h1-23,34,36-41H,24-29H2/t34-,36+,37?,38?,39-,40-/m1/s1. The predicted octanol–water partition coefficient (Wildman–Crippen LogP) is 7.44. The number of benzene rings is 4. The first-order valence-electron chi connectivity index (χ1n) is 16.2. The van der Waals surface area contributed by atoms with Crippen molar-refractivity contribution in [3.8, 4) is 0 Å². The molecule has 6 atom stereocenters. The van der Waals surface area contributed by atoms with Gasteiger partial charge in [-0.2, -0.15) is 0 Å². The zero-order chi connectivity index (χ0) is 32.1. The summed E-state index contributed by atoms with van der Waals surface area (Å²) in [5.74, 6) is 0.469. The average molecular weight is 635 g/mol. The second-order valence-electron chi connectivity index (χ2n) is 11.8. The molecule has 1 aliphatic heterocycles. The molecule has 0 saturated carbocycles. The summed E-state index contributed by atoms with van der Waals surface area (Å²) in [6, 6.07) is 43.7. The number of hydrogen-bond donors (Lipinski definition) is 1. The third kappa shape index (κ3) is 9.49. The first kappa shape index (κ1) is 32.8. The molecule has 1 aromatic heterocycles.